The van der Waals surface area contributed by atoms with Crippen LogP contribution in [0.15, 0.2) is 36.7 Å². The molecule has 2 atom stereocenters. The molecule has 0 unspecified atom stereocenters. The molecule has 1 amide bonds. The number of aromatic nitrogens is 2. The Morgan fingerprint density at radius 2 is 2.23 bits per heavy atom. The van der Waals surface area contributed by atoms with E-state index in [2.05, 4.69) is 15.7 Å². The van der Waals surface area contributed by atoms with Gasteiger partial charge in [0, 0.05) is 37.9 Å². The van der Waals surface area contributed by atoms with Crippen molar-refractivity contribution in [3.05, 3.63) is 47.8 Å². The van der Waals surface area contributed by atoms with Gasteiger partial charge >= 0.3 is 5.97 Å². The number of anilines is 1. The van der Waals surface area contributed by atoms with Crippen molar-refractivity contribution in [3.63, 3.8) is 0 Å². The van der Waals surface area contributed by atoms with Gasteiger partial charge in [-0.05, 0) is 30.2 Å². The van der Waals surface area contributed by atoms with Crippen LogP contribution < -0.4 is 10.6 Å². The molecule has 1 fully saturated rings. The lowest BCUT2D eigenvalue weighted by atomic mass is 9.90. The lowest BCUT2D eigenvalue weighted by Gasteiger charge is -2.17. The van der Waals surface area contributed by atoms with Crippen molar-refractivity contribution in [1.29, 1.82) is 0 Å². The van der Waals surface area contributed by atoms with Gasteiger partial charge in [-0.1, -0.05) is 12.1 Å². The summed E-state index contributed by atoms with van der Waals surface area (Å²) in [6.07, 6.45) is 3.97. The summed E-state index contributed by atoms with van der Waals surface area (Å²) >= 11 is 0. The number of amides is 1. The van der Waals surface area contributed by atoms with E-state index in [1.165, 1.54) is 0 Å². The second kappa shape index (κ2) is 8.14. The molecule has 1 saturated heterocycles. The van der Waals surface area contributed by atoms with E-state index in [0.29, 0.717) is 18.8 Å². The molecule has 138 valence electrons. The van der Waals surface area contributed by atoms with E-state index in [4.69, 9.17) is 4.74 Å². The molecule has 26 heavy (non-hydrogen) atoms. The minimum atomic E-state index is -0.271. The largest absolute Gasteiger partial charge is 0.466 e. The molecule has 0 spiro atoms. The molecule has 7 heteroatoms. The second-order valence-electron chi connectivity index (χ2n) is 6.49. The van der Waals surface area contributed by atoms with E-state index in [1.54, 1.807) is 11.6 Å². The van der Waals surface area contributed by atoms with E-state index in [-0.39, 0.29) is 30.1 Å². The predicted octanol–water partition coefficient (Wildman–Crippen LogP) is 1.47. The Labute approximate surface area is 152 Å². The minimum absolute atomic E-state index is 0.0304. The van der Waals surface area contributed by atoms with Gasteiger partial charge in [0.2, 0.25) is 5.91 Å². The third kappa shape index (κ3) is 4.29. The van der Waals surface area contributed by atoms with Gasteiger partial charge in [-0.15, -0.1) is 0 Å². The summed E-state index contributed by atoms with van der Waals surface area (Å²) in [4.78, 5) is 24.4. The summed E-state index contributed by atoms with van der Waals surface area (Å²) in [5.74, 6) is -0.357. The molecule has 2 N–H and O–H groups in total. The number of rotatable bonds is 6. The molecule has 1 aliphatic heterocycles. The number of benzene rings is 1. The molecule has 0 aliphatic carbocycles. The smallest absolute Gasteiger partial charge is 0.310 e. The van der Waals surface area contributed by atoms with Gasteiger partial charge < -0.3 is 15.4 Å². The van der Waals surface area contributed by atoms with Crippen molar-refractivity contribution in [2.45, 2.75) is 19.3 Å². The van der Waals surface area contributed by atoms with Crippen LogP contribution in [0.4, 0.5) is 5.69 Å². The Morgan fingerprint density at radius 3 is 2.96 bits per heavy atom. The highest BCUT2D eigenvalue weighted by Gasteiger charge is 2.34. The van der Waals surface area contributed by atoms with Crippen LogP contribution in [0.3, 0.4) is 0 Å². The molecule has 1 aromatic heterocycles. The highest BCUT2D eigenvalue weighted by atomic mass is 16.5. The van der Waals surface area contributed by atoms with E-state index in [1.807, 2.05) is 43.7 Å². The maximum absolute atomic E-state index is 12.8. The molecule has 2 heterocycles. The van der Waals surface area contributed by atoms with Gasteiger partial charge in [-0.3, -0.25) is 14.3 Å². The third-order valence-electron chi connectivity index (χ3n) is 4.55. The maximum Gasteiger partial charge on any atom is 0.310 e. The zero-order valence-corrected chi connectivity index (χ0v) is 15.1. The van der Waals surface area contributed by atoms with E-state index in [0.717, 1.165) is 17.7 Å². The number of carbonyl (C=O) groups is 2. The Morgan fingerprint density at radius 1 is 1.38 bits per heavy atom. The van der Waals surface area contributed by atoms with Crippen molar-refractivity contribution in [2.75, 3.05) is 25.0 Å². The molecular weight excluding hydrogens is 332 g/mol. The number of carbonyl (C=O) groups excluding carboxylic acids is 2. The Hall–Kier alpha value is -2.67. The van der Waals surface area contributed by atoms with Gasteiger partial charge in [0.1, 0.15) is 0 Å². The van der Waals surface area contributed by atoms with Crippen molar-refractivity contribution < 1.29 is 14.3 Å². The average Bonchev–Trinajstić information content (AvgIpc) is 3.24. The van der Waals surface area contributed by atoms with Crippen molar-refractivity contribution in [3.8, 4) is 0 Å². The fraction of sp³-hybridized carbons (Fsp3) is 0.421. The molecular formula is C19H24N4O3. The number of ether oxygens (including phenoxy) is 1. The van der Waals surface area contributed by atoms with E-state index in [9.17, 15) is 9.59 Å². The first-order chi connectivity index (χ1) is 12.6. The number of hydrogen-bond acceptors (Lipinski definition) is 5. The second-order valence-corrected chi connectivity index (χ2v) is 6.49. The highest BCUT2D eigenvalue weighted by Crippen LogP contribution is 2.29. The van der Waals surface area contributed by atoms with Crippen molar-refractivity contribution in [2.24, 2.45) is 13.0 Å². The molecule has 0 bridgehead atoms. The average molecular weight is 356 g/mol. The summed E-state index contributed by atoms with van der Waals surface area (Å²) in [5, 5.41) is 10.5. The van der Waals surface area contributed by atoms with Crippen LogP contribution in [0.5, 0.6) is 0 Å². The lowest BCUT2D eigenvalue weighted by Crippen LogP contribution is -2.28. The van der Waals surface area contributed by atoms with Crippen LogP contribution in [0.2, 0.25) is 0 Å². The summed E-state index contributed by atoms with van der Waals surface area (Å²) in [6, 6.07) is 7.32. The van der Waals surface area contributed by atoms with Crippen LogP contribution >= 0.6 is 0 Å². The van der Waals surface area contributed by atoms with Gasteiger partial charge in [0.25, 0.3) is 0 Å². The van der Waals surface area contributed by atoms with Crippen LogP contribution in [-0.2, 0) is 27.8 Å². The number of nitrogens with zero attached hydrogens (tertiary/aromatic N) is 2. The number of hydrogen-bond donors (Lipinski definition) is 2. The van der Waals surface area contributed by atoms with Crippen LogP contribution in [-0.4, -0.2) is 41.4 Å². The summed E-state index contributed by atoms with van der Waals surface area (Å²) in [7, 11) is 1.87. The summed E-state index contributed by atoms with van der Waals surface area (Å²) in [5.41, 5.74) is 2.57. The predicted molar refractivity (Wildman–Crippen MR) is 97.7 cm³/mol. The van der Waals surface area contributed by atoms with Crippen molar-refractivity contribution in [1.82, 2.24) is 15.1 Å². The molecule has 0 saturated carbocycles. The number of aryl methyl sites for hydroxylation is 1. The number of esters is 1. The maximum atomic E-state index is 12.8. The fourth-order valence-electron chi connectivity index (χ4n) is 3.31. The standard InChI is InChI=1S/C19H24N4O3/c1-3-26-18(24)8-13-5-4-6-15(7-13)22-19(25)17-11-20-10-16(17)14-9-21-23(2)12-14/h4-7,9,12,16-17,20H,3,8,10-11H2,1-2H3,(H,22,25)/t16-,17+/m1/s1. The Balaban J connectivity index is 1.66. The SMILES string of the molecule is CCOC(=O)Cc1cccc(NC(=O)[C@H]2CNC[C@@H]2c2cnn(C)c2)c1. The normalized spacial score (nSPS) is 19.3. The quantitative estimate of drug-likeness (QED) is 0.766. The van der Waals surface area contributed by atoms with E-state index >= 15 is 0 Å². The van der Waals surface area contributed by atoms with Crippen LogP contribution in [0.1, 0.15) is 24.0 Å². The van der Waals surface area contributed by atoms with Gasteiger partial charge in [-0.2, -0.15) is 5.10 Å². The number of nitrogens with one attached hydrogen (secondary N) is 2. The molecule has 0 radical (unpaired) electrons. The Bertz CT molecular complexity index is 787. The monoisotopic (exact) mass is 356 g/mol. The highest BCUT2D eigenvalue weighted by molar-refractivity contribution is 5.93. The van der Waals surface area contributed by atoms with Gasteiger partial charge in [-0.25, -0.2) is 0 Å². The van der Waals surface area contributed by atoms with Crippen LogP contribution in [0, 0.1) is 5.92 Å². The first-order valence-corrected chi connectivity index (χ1v) is 8.81. The first kappa shape index (κ1) is 18.1. The molecule has 1 aliphatic rings. The zero-order valence-electron chi connectivity index (χ0n) is 15.1. The molecule has 1 aromatic carbocycles. The van der Waals surface area contributed by atoms with Crippen LogP contribution in [0.25, 0.3) is 0 Å². The summed E-state index contributed by atoms with van der Waals surface area (Å²) < 4.78 is 6.72. The van der Waals surface area contributed by atoms with Crippen molar-refractivity contribution >= 4 is 17.6 Å². The molecule has 3 rings (SSSR count). The molecule has 2 aromatic rings. The van der Waals surface area contributed by atoms with Gasteiger partial charge in [0.05, 0.1) is 25.1 Å². The van der Waals surface area contributed by atoms with Gasteiger partial charge in [0.15, 0.2) is 0 Å². The zero-order chi connectivity index (χ0) is 18.5. The van der Waals surface area contributed by atoms with E-state index < -0.39 is 0 Å². The minimum Gasteiger partial charge on any atom is -0.466 e. The lowest BCUT2D eigenvalue weighted by molar-refractivity contribution is -0.142. The third-order valence-corrected chi connectivity index (χ3v) is 4.55. The Kier molecular flexibility index (Phi) is 5.68. The first-order valence-electron chi connectivity index (χ1n) is 8.81. The molecule has 7 nitrogen and oxygen atoms in total. The summed E-state index contributed by atoms with van der Waals surface area (Å²) in [6.45, 7) is 3.53. The topological polar surface area (TPSA) is 85.2 Å². The fourth-order valence-corrected chi connectivity index (χ4v) is 3.31.